The number of halogens is 2. The number of nitrogens with one attached hydrogen (secondary N) is 2. The van der Waals surface area contributed by atoms with Gasteiger partial charge in [0.15, 0.2) is 5.76 Å². The number of carbonyl (C=O) groups is 2. The molecule has 0 unspecified atom stereocenters. The van der Waals surface area contributed by atoms with Crippen LogP contribution in [0.3, 0.4) is 0 Å². The molecule has 178 valence electrons. The van der Waals surface area contributed by atoms with Crippen LogP contribution in [-0.4, -0.2) is 16.8 Å². The van der Waals surface area contributed by atoms with Crippen LogP contribution in [-0.2, 0) is 19.6 Å². The molecule has 0 saturated carbocycles. The summed E-state index contributed by atoms with van der Waals surface area (Å²) in [6, 6.07) is 23.5. The third-order valence-electron chi connectivity index (χ3n) is 5.20. The predicted octanol–water partition coefficient (Wildman–Crippen LogP) is 5.72. The van der Waals surface area contributed by atoms with Gasteiger partial charge in [-0.1, -0.05) is 42.5 Å². The van der Waals surface area contributed by atoms with Gasteiger partial charge in [-0.2, -0.15) is 0 Å². The van der Waals surface area contributed by atoms with Gasteiger partial charge < -0.3 is 20.0 Å². The standard InChI is InChI=1S/C27H23F2N3O3/c28-21-8-6-19(7-9-21)16-30-26(33)25-15-14-24(35-25)18-32(17-20-4-2-1-3-5-20)27(34)31-23-12-10-22(29)11-13-23/h1-15H,16-18H2,(H,30,33)(H,31,34). The summed E-state index contributed by atoms with van der Waals surface area (Å²) in [5.41, 5.74) is 2.11. The van der Waals surface area contributed by atoms with Crippen LogP contribution in [0.25, 0.3) is 0 Å². The summed E-state index contributed by atoms with van der Waals surface area (Å²) in [4.78, 5) is 27.0. The molecule has 4 aromatic rings. The summed E-state index contributed by atoms with van der Waals surface area (Å²) in [5.74, 6) is -0.655. The zero-order chi connectivity index (χ0) is 24.6. The van der Waals surface area contributed by atoms with E-state index < -0.39 is 17.8 Å². The molecule has 4 rings (SSSR count). The number of hydrogen-bond acceptors (Lipinski definition) is 3. The SMILES string of the molecule is O=C(NCc1ccc(F)cc1)c1ccc(CN(Cc2ccccc2)C(=O)Nc2ccc(F)cc2)o1. The van der Waals surface area contributed by atoms with Gasteiger partial charge in [-0.25, -0.2) is 13.6 Å². The molecule has 0 bridgehead atoms. The lowest BCUT2D eigenvalue weighted by atomic mass is 10.2. The molecule has 3 aromatic carbocycles. The quantitative estimate of drug-likeness (QED) is 0.342. The second kappa shape index (κ2) is 11.1. The molecule has 3 amide bonds. The van der Waals surface area contributed by atoms with E-state index in [1.54, 1.807) is 18.2 Å². The molecule has 0 fully saturated rings. The molecule has 2 N–H and O–H groups in total. The third-order valence-corrected chi connectivity index (χ3v) is 5.20. The fraction of sp³-hybridized carbons (Fsp3) is 0.111. The first-order valence-corrected chi connectivity index (χ1v) is 10.9. The molecular formula is C27H23F2N3O3. The van der Waals surface area contributed by atoms with E-state index in [-0.39, 0.29) is 24.7 Å². The Morgan fingerprint density at radius 1 is 0.743 bits per heavy atom. The number of furan rings is 1. The molecule has 0 aliphatic carbocycles. The van der Waals surface area contributed by atoms with Crippen LogP contribution in [0.4, 0.5) is 19.3 Å². The largest absolute Gasteiger partial charge is 0.454 e. The average molecular weight is 475 g/mol. The topological polar surface area (TPSA) is 74.6 Å². The fourth-order valence-electron chi connectivity index (χ4n) is 3.38. The lowest BCUT2D eigenvalue weighted by molar-refractivity contribution is 0.0920. The third kappa shape index (κ3) is 6.77. The lowest BCUT2D eigenvalue weighted by Crippen LogP contribution is -2.34. The second-order valence-corrected chi connectivity index (χ2v) is 7.85. The highest BCUT2D eigenvalue weighted by atomic mass is 19.1. The summed E-state index contributed by atoms with van der Waals surface area (Å²) >= 11 is 0. The molecule has 0 radical (unpaired) electrons. The van der Waals surface area contributed by atoms with Gasteiger partial charge in [0.25, 0.3) is 5.91 Å². The van der Waals surface area contributed by atoms with E-state index in [1.165, 1.54) is 47.4 Å². The minimum atomic E-state index is -0.425. The fourth-order valence-corrected chi connectivity index (χ4v) is 3.38. The van der Waals surface area contributed by atoms with Crippen LogP contribution in [0.15, 0.2) is 95.4 Å². The van der Waals surface area contributed by atoms with Gasteiger partial charge in [0, 0.05) is 18.8 Å². The average Bonchev–Trinajstić information content (AvgIpc) is 3.34. The number of benzene rings is 3. The van der Waals surface area contributed by atoms with Gasteiger partial charge in [0.1, 0.15) is 17.4 Å². The molecule has 0 spiro atoms. The maximum Gasteiger partial charge on any atom is 0.322 e. The van der Waals surface area contributed by atoms with Crippen LogP contribution >= 0.6 is 0 Å². The minimum Gasteiger partial charge on any atom is -0.454 e. The zero-order valence-electron chi connectivity index (χ0n) is 18.7. The molecular weight excluding hydrogens is 452 g/mol. The van der Waals surface area contributed by atoms with Crippen LogP contribution in [0.2, 0.25) is 0 Å². The number of anilines is 1. The minimum absolute atomic E-state index is 0.0979. The maximum atomic E-state index is 13.2. The van der Waals surface area contributed by atoms with Crippen molar-refractivity contribution < 1.29 is 22.8 Å². The molecule has 1 aromatic heterocycles. The molecule has 0 atom stereocenters. The first-order chi connectivity index (χ1) is 17.0. The van der Waals surface area contributed by atoms with Gasteiger partial charge in [-0.15, -0.1) is 0 Å². The molecule has 35 heavy (non-hydrogen) atoms. The van der Waals surface area contributed by atoms with Crippen molar-refractivity contribution in [3.63, 3.8) is 0 Å². The Morgan fingerprint density at radius 2 is 1.40 bits per heavy atom. The molecule has 8 heteroatoms. The van der Waals surface area contributed by atoms with Gasteiger partial charge in [0.2, 0.25) is 0 Å². The van der Waals surface area contributed by atoms with E-state index in [0.717, 1.165) is 11.1 Å². The van der Waals surface area contributed by atoms with E-state index in [4.69, 9.17) is 4.42 Å². The lowest BCUT2D eigenvalue weighted by Gasteiger charge is -2.22. The highest BCUT2D eigenvalue weighted by molar-refractivity contribution is 5.91. The van der Waals surface area contributed by atoms with Crippen molar-refractivity contribution in [2.45, 2.75) is 19.6 Å². The van der Waals surface area contributed by atoms with Crippen molar-refractivity contribution in [1.29, 1.82) is 0 Å². The first-order valence-electron chi connectivity index (χ1n) is 10.9. The predicted molar refractivity (Wildman–Crippen MR) is 127 cm³/mol. The van der Waals surface area contributed by atoms with E-state index in [0.29, 0.717) is 18.0 Å². The zero-order valence-corrected chi connectivity index (χ0v) is 18.7. The Hall–Kier alpha value is -4.46. The molecule has 0 saturated heterocycles. The van der Waals surface area contributed by atoms with E-state index >= 15 is 0 Å². The summed E-state index contributed by atoms with van der Waals surface area (Å²) in [6.45, 7) is 0.614. The monoisotopic (exact) mass is 475 g/mol. The van der Waals surface area contributed by atoms with Crippen LogP contribution in [0.1, 0.15) is 27.4 Å². The number of amides is 3. The molecule has 0 aliphatic heterocycles. The van der Waals surface area contributed by atoms with Gasteiger partial charge in [0.05, 0.1) is 6.54 Å². The highest BCUT2D eigenvalue weighted by Crippen LogP contribution is 2.16. The van der Waals surface area contributed by atoms with Crippen LogP contribution in [0.5, 0.6) is 0 Å². The Kier molecular flexibility index (Phi) is 7.52. The van der Waals surface area contributed by atoms with E-state index in [2.05, 4.69) is 10.6 Å². The van der Waals surface area contributed by atoms with Crippen molar-refractivity contribution in [1.82, 2.24) is 10.2 Å². The van der Waals surface area contributed by atoms with Crippen molar-refractivity contribution in [3.8, 4) is 0 Å². The summed E-state index contributed by atoms with van der Waals surface area (Å²) in [5, 5.41) is 5.48. The Bertz CT molecular complexity index is 1270. The number of urea groups is 1. The van der Waals surface area contributed by atoms with Crippen LogP contribution < -0.4 is 10.6 Å². The Labute approximate surface area is 201 Å². The highest BCUT2D eigenvalue weighted by Gasteiger charge is 2.18. The number of carbonyl (C=O) groups excluding carboxylic acids is 2. The summed E-state index contributed by atoms with van der Waals surface area (Å²) in [7, 11) is 0. The summed E-state index contributed by atoms with van der Waals surface area (Å²) in [6.07, 6.45) is 0. The normalized spacial score (nSPS) is 10.6. The smallest absolute Gasteiger partial charge is 0.322 e. The van der Waals surface area contributed by atoms with E-state index in [1.807, 2.05) is 30.3 Å². The van der Waals surface area contributed by atoms with Crippen molar-refractivity contribution in [2.75, 3.05) is 5.32 Å². The second-order valence-electron chi connectivity index (χ2n) is 7.85. The van der Waals surface area contributed by atoms with Crippen molar-refractivity contribution >= 4 is 17.6 Å². The molecule has 0 aliphatic rings. The summed E-state index contributed by atoms with van der Waals surface area (Å²) < 4.78 is 31.9. The number of rotatable bonds is 8. The maximum absolute atomic E-state index is 13.2. The molecule has 1 heterocycles. The van der Waals surface area contributed by atoms with Gasteiger partial charge in [-0.3, -0.25) is 4.79 Å². The van der Waals surface area contributed by atoms with Crippen LogP contribution in [0, 0.1) is 11.6 Å². The van der Waals surface area contributed by atoms with E-state index in [9.17, 15) is 18.4 Å². The van der Waals surface area contributed by atoms with Gasteiger partial charge >= 0.3 is 6.03 Å². The Balaban J connectivity index is 1.43. The number of nitrogens with zero attached hydrogens (tertiary/aromatic N) is 1. The Morgan fingerprint density at radius 3 is 2.09 bits per heavy atom. The van der Waals surface area contributed by atoms with Crippen molar-refractivity contribution in [2.24, 2.45) is 0 Å². The van der Waals surface area contributed by atoms with Crippen molar-refractivity contribution in [3.05, 3.63) is 125 Å². The van der Waals surface area contributed by atoms with Gasteiger partial charge in [-0.05, 0) is 59.7 Å². The molecule has 6 nitrogen and oxygen atoms in total. The number of hydrogen-bond donors (Lipinski definition) is 2. The first kappa shape index (κ1) is 23.7.